The van der Waals surface area contributed by atoms with Gasteiger partial charge >= 0.3 is 0 Å². The SMILES string of the molecule is Cc1cccc2c(SCC(=O)Nc3ccc(F)cc3)nc(-c3ccc(F)cc3)nc12. The summed E-state index contributed by atoms with van der Waals surface area (Å²) in [5.41, 5.74) is 2.99. The molecule has 4 rings (SSSR count). The Bertz CT molecular complexity index is 1210. The molecule has 0 unspecified atom stereocenters. The molecule has 7 heteroatoms. The average Bonchev–Trinajstić information content (AvgIpc) is 2.74. The van der Waals surface area contributed by atoms with Crippen molar-refractivity contribution in [3.63, 3.8) is 0 Å². The monoisotopic (exact) mass is 421 g/mol. The first-order valence-corrected chi connectivity index (χ1v) is 10.2. The van der Waals surface area contributed by atoms with Crippen LogP contribution in [0.4, 0.5) is 14.5 Å². The van der Waals surface area contributed by atoms with Crippen LogP contribution in [0.25, 0.3) is 22.3 Å². The Hall–Kier alpha value is -3.32. The minimum Gasteiger partial charge on any atom is -0.325 e. The number of benzene rings is 3. The van der Waals surface area contributed by atoms with Gasteiger partial charge in [-0.2, -0.15) is 0 Å². The molecule has 0 radical (unpaired) electrons. The summed E-state index contributed by atoms with van der Waals surface area (Å²) >= 11 is 1.29. The van der Waals surface area contributed by atoms with Gasteiger partial charge in [-0.15, -0.1) is 0 Å². The first-order valence-electron chi connectivity index (χ1n) is 9.21. The molecule has 0 saturated carbocycles. The quantitative estimate of drug-likeness (QED) is 0.336. The molecular formula is C23H17F2N3OS. The van der Waals surface area contributed by atoms with E-state index in [0.717, 1.165) is 16.5 Å². The summed E-state index contributed by atoms with van der Waals surface area (Å²) in [5, 5.41) is 4.25. The van der Waals surface area contributed by atoms with Crippen molar-refractivity contribution in [2.24, 2.45) is 0 Å². The lowest BCUT2D eigenvalue weighted by Crippen LogP contribution is -2.14. The highest BCUT2D eigenvalue weighted by Gasteiger charge is 2.13. The second kappa shape index (κ2) is 8.59. The van der Waals surface area contributed by atoms with Crippen molar-refractivity contribution >= 4 is 34.3 Å². The number of rotatable bonds is 5. The summed E-state index contributed by atoms with van der Waals surface area (Å²) in [5.74, 6) is -0.325. The Morgan fingerprint density at radius 1 is 0.933 bits per heavy atom. The second-order valence-electron chi connectivity index (χ2n) is 6.67. The summed E-state index contributed by atoms with van der Waals surface area (Å²) in [6, 6.07) is 17.4. The number of para-hydroxylation sites is 1. The Labute approximate surface area is 176 Å². The summed E-state index contributed by atoms with van der Waals surface area (Å²) in [6.45, 7) is 1.96. The number of aromatic nitrogens is 2. The third-order valence-corrected chi connectivity index (χ3v) is 5.45. The van der Waals surface area contributed by atoms with E-state index in [4.69, 9.17) is 0 Å². The Kier molecular flexibility index (Phi) is 5.72. The summed E-state index contributed by atoms with van der Waals surface area (Å²) in [4.78, 5) is 21.6. The molecule has 0 aliphatic rings. The lowest BCUT2D eigenvalue weighted by atomic mass is 10.1. The van der Waals surface area contributed by atoms with E-state index in [1.165, 1.54) is 48.2 Å². The van der Waals surface area contributed by atoms with E-state index >= 15 is 0 Å². The first kappa shape index (κ1) is 20.0. The Balaban J connectivity index is 1.62. The predicted molar refractivity (Wildman–Crippen MR) is 115 cm³/mol. The fraction of sp³-hybridized carbons (Fsp3) is 0.0870. The molecule has 150 valence electrons. The van der Waals surface area contributed by atoms with Crippen molar-refractivity contribution in [3.8, 4) is 11.4 Å². The molecule has 0 spiro atoms. The van der Waals surface area contributed by atoms with Gasteiger partial charge in [-0.05, 0) is 61.0 Å². The van der Waals surface area contributed by atoms with Gasteiger partial charge < -0.3 is 5.32 Å². The largest absolute Gasteiger partial charge is 0.325 e. The molecule has 4 aromatic rings. The van der Waals surface area contributed by atoms with Crippen molar-refractivity contribution in [3.05, 3.63) is 83.9 Å². The van der Waals surface area contributed by atoms with Crippen LogP contribution in [0.2, 0.25) is 0 Å². The highest BCUT2D eigenvalue weighted by Crippen LogP contribution is 2.30. The van der Waals surface area contributed by atoms with E-state index in [1.807, 2.05) is 25.1 Å². The van der Waals surface area contributed by atoms with E-state index in [1.54, 1.807) is 12.1 Å². The van der Waals surface area contributed by atoms with Crippen LogP contribution >= 0.6 is 11.8 Å². The molecule has 0 atom stereocenters. The number of fused-ring (bicyclic) bond motifs is 1. The smallest absolute Gasteiger partial charge is 0.234 e. The van der Waals surface area contributed by atoms with Crippen LogP contribution in [0.1, 0.15) is 5.56 Å². The minimum absolute atomic E-state index is 0.125. The number of aryl methyl sites for hydroxylation is 1. The molecule has 1 aromatic heterocycles. The Morgan fingerprint density at radius 2 is 1.60 bits per heavy atom. The maximum Gasteiger partial charge on any atom is 0.234 e. The van der Waals surface area contributed by atoms with Crippen molar-refractivity contribution in [1.82, 2.24) is 9.97 Å². The summed E-state index contributed by atoms with van der Waals surface area (Å²) in [7, 11) is 0. The lowest BCUT2D eigenvalue weighted by molar-refractivity contribution is -0.113. The van der Waals surface area contributed by atoms with Crippen LogP contribution in [0.5, 0.6) is 0 Å². The standard InChI is InChI=1S/C23H17F2N3OS/c1-14-3-2-4-19-21(14)27-22(15-5-7-16(24)8-6-15)28-23(19)30-13-20(29)26-18-11-9-17(25)10-12-18/h2-12H,13H2,1H3,(H,26,29). The van der Waals surface area contributed by atoms with E-state index < -0.39 is 0 Å². The number of carbonyl (C=O) groups is 1. The molecule has 1 heterocycles. The topological polar surface area (TPSA) is 54.9 Å². The van der Waals surface area contributed by atoms with E-state index in [-0.39, 0.29) is 23.3 Å². The van der Waals surface area contributed by atoms with Crippen LogP contribution in [0, 0.1) is 18.6 Å². The lowest BCUT2D eigenvalue weighted by Gasteiger charge is -2.10. The molecule has 0 bridgehead atoms. The molecule has 1 N–H and O–H groups in total. The van der Waals surface area contributed by atoms with Gasteiger partial charge in [0.1, 0.15) is 16.7 Å². The number of hydrogen-bond acceptors (Lipinski definition) is 4. The maximum atomic E-state index is 13.3. The van der Waals surface area contributed by atoms with Gasteiger partial charge in [0.2, 0.25) is 5.91 Å². The van der Waals surface area contributed by atoms with Gasteiger partial charge in [0.15, 0.2) is 5.82 Å². The molecule has 1 amide bonds. The van der Waals surface area contributed by atoms with Gasteiger partial charge in [-0.3, -0.25) is 4.79 Å². The third-order valence-electron chi connectivity index (χ3n) is 4.46. The molecule has 30 heavy (non-hydrogen) atoms. The van der Waals surface area contributed by atoms with Gasteiger partial charge in [-0.25, -0.2) is 18.7 Å². The van der Waals surface area contributed by atoms with Crippen LogP contribution in [0.3, 0.4) is 0 Å². The van der Waals surface area contributed by atoms with Crippen molar-refractivity contribution < 1.29 is 13.6 Å². The normalized spacial score (nSPS) is 10.9. The maximum absolute atomic E-state index is 13.3. The zero-order valence-corrected chi connectivity index (χ0v) is 16.8. The number of amides is 1. The number of carbonyl (C=O) groups excluding carboxylic acids is 1. The average molecular weight is 421 g/mol. The predicted octanol–water partition coefficient (Wildman–Crippen LogP) is 5.61. The number of thioether (sulfide) groups is 1. The highest BCUT2D eigenvalue weighted by molar-refractivity contribution is 8.00. The highest BCUT2D eigenvalue weighted by atomic mass is 32.2. The van der Waals surface area contributed by atoms with Gasteiger partial charge in [0, 0.05) is 16.6 Å². The second-order valence-corrected chi connectivity index (χ2v) is 7.64. The number of nitrogens with zero attached hydrogens (tertiary/aromatic N) is 2. The van der Waals surface area contributed by atoms with Crippen LogP contribution in [-0.4, -0.2) is 21.6 Å². The van der Waals surface area contributed by atoms with Gasteiger partial charge in [0.05, 0.1) is 11.3 Å². The summed E-state index contributed by atoms with van der Waals surface area (Å²) < 4.78 is 26.3. The number of nitrogens with one attached hydrogen (secondary N) is 1. The van der Waals surface area contributed by atoms with E-state index in [9.17, 15) is 13.6 Å². The molecule has 0 fully saturated rings. The zero-order valence-electron chi connectivity index (χ0n) is 16.0. The Morgan fingerprint density at radius 3 is 2.30 bits per heavy atom. The van der Waals surface area contributed by atoms with Crippen molar-refractivity contribution in [2.75, 3.05) is 11.1 Å². The minimum atomic E-state index is -0.362. The molecule has 0 aliphatic carbocycles. The first-order chi connectivity index (χ1) is 14.5. The van der Waals surface area contributed by atoms with Crippen molar-refractivity contribution in [1.29, 1.82) is 0 Å². The van der Waals surface area contributed by atoms with Crippen LogP contribution in [0.15, 0.2) is 71.8 Å². The molecule has 3 aromatic carbocycles. The summed E-state index contributed by atoms with van der Waals surface area (Å²) in [6.07, 6.45) is 0. The van der Waals surface area contributed by atoms with Gasteiger partial charge in [0.25, 0.3) is 0 Å². The molecule has 0 aliphatic heterocycles. The van der Waals surface area contributed by atoms with Crippen LogP contribution in [-0.2, 0) is 4.79 Å². The van der Waals surface area contributed by atoms with E-state index in [0.29, 0.717) is 22.1 Å². The zero-order chi connectivity index (χ0) is 21.1. The third kappa shape index (κ3) is 4.46. The molecular weight excluding hydrogens is 404 g/mol. The number of anilines is 1. The van der Waals surface area contributed by atoms with Crippen LogP contribution < -0.4 is 5.32 Å². The number of hydrogen-bond donors (Lipinski definition) is 1. The number of halogens is 2. The van der Waals surface area contributed by atoms with E-state index in [2.05, 4.69) is 15.3 Å². The molecule has 4 nitrogen and oxygen atoms in total. The van der Waals surface area contributed by atoms with Crippen molar-refractivity contribution in [2.45, 2.75) is 11.9 Å². The fourth-order valence-corrected chi connectivity index (χ4v) is 3.78. The van der Waals surface area contributed by atoms with Gasteiger partial charge in [-0.1, -0.05) is 30.0 Å². The molecule has 0 saturated heterocycles. The fourth-order valence-electron chi connectivity index (χ4n) is 2.97.